The predicted octanol–water partition coefficient (Wildman–Crippen LogP) is 3.76. The quantitative estimate of drug-likeness (QED) is 0.445. The number of carbonyl (C=O) groups excluding carboxylic acids is 1. The van der Waals surface area contributed by atoms with Gasteiger partial charge in [-0.1, -0.05) is 23.4 Å². The zero-order valence-electron chi connectivity index (χ0n) is 15.2. The summed E-state index contributed by atoms with van der Waals surface area (Å²) >= 11 is 0. The summed E-state index contributed by atoms with van der Waals surface area (Å²) in [5.74, 6) is -0.681. The van der Waals surface area contributed by atoms with Gasteiger partial charge >= 0.3 is 6.18 Å². The van der Waals surface area contributed by atoms with Crippen molar-refractivity contribution in [1.29, 1.82) is 5.41 Å². The highest BCUT2D eigenvalue weighted by atomic mass is 19.4. The molecule has 3 rings (SSSR count). The number of aryl methyl sites for hydroxylation is 1. The van der Waals surface area contributed by atoms with Gasteiger partial charge < -0.3 is 15.2 Å². The van der Waals surface area contributed by atoms with Crippen LogP contribution in [-0.2, 0) is 12.7 Å². The minimum atomic E-state index is -4.49. The molecule has 0 fully saturated rings. The van der Waals surface area contributed by atoms with E-state index in [0.717, 1.165) is 12.3 Å². The fourth-order valence-corrected chi connectivity index (χ4v) is 2.51. The lowest BCUT2D eigenvalue weighted by molar-refractivity contribution is -0.141. The third kappa shape index (κ3) is 4.78. The van der Waals surface area contributed by atoms with Gasteiger partial charge in [-0.25, -0.2) is 0 Å². The maximum Gasteiger partial charge on any atom is 0.433 e. The maximum atomic E-state index is 12.6. The molecule has 0 saturated heterocycles. The Morgan fingerprint density at radius 2 is 1.93 bits per heavy atom. The summed E-state index contributed by atoms with van der Waals surface area (Å²) in [5, 5.41) is 17.3. The van der Waals surface area contributed by atoms with Crippen LogP contribution in [0.2, 0.25) is 0 Å². The lowest BCUT2D eigenvalue weighted by Gasteiger charge is -2.14. The van der Waals surface area contributed by atoms with Crippen molar-refractivity contribution >= 4 is 17.4 Å². The van der Waals surface area contributed by atoms with Gasteiger partial charge in [0.2, 0.25) is 0 Å². The monoisotopic (exact) mass is 403 g/mol. The molecule has 7 nitrogen and oxygen atoms in total. The number of pyridine rings is 1. The topological polar surface area (TPSA) is 104 Å². The van der Waals surface area contributed by atoms with E-state index in [1.54, 1.807) is 31.2 Å². The van der Waals surface area contributed by atoms with Crippen molar-refractivity contribution < 1.29 is 22.5 Å². The number of rotatable bonds is 5. The lowest BCUT2D eigenvalue weighted by atomic mass is 10.1. The zero-order chi connectivity index (χ0) is 21.0. The van der Waals surface area contributed by atoms with Gasteiger partial charge in [0, 0.05) is 24.0 Å². The summed E-state index contributed by atoms with van der Waals surface area (Å²) in [6.07, 6.45) is -2.16. The van der Waals surface area contributed by atoms with Crippen molar-refractivity contribution in [3.63, 3.8) is 0 Å². The van der Waals surface area contributed by atoms with Gasteiger partial charge in [0.15, 0.2) is 0 Å². The Morgan fingerprint density at radius 3 is 2.55 bits per heavy atom. The van der Waals surface area contributed by atoms with Crippen LogP contribution in [0.3, 0.4) is 0 Å². The highest BCUT2D eigenvalue weighted by Gasteiger charge is 2.31. The van der Waals surface area contributed by atoms with Gasteiger partial charge in [0.25, 0.3) is 5.91 Å². The van der Waals surface area contributed by atoms with Crippen LogP contribution in [0.1, 0.15) is 32.9 Å². The molecule has 0 aliphatic carbocycles. The first-order valence-electron chi connectivity index (χ1n) is 8.42. The number of hydrogen-bond acceptors (Lipinski definition) is 6. The van der Waals surface area contributed by atoms with Crippen molar-refractivity contribution in [3.8, 4) is 0 Å². The molecule has 2 aromatic heterocycles. The number of benzene rings is 1. The average molecular weight is 403 g/mol. The smallest absolute Gasteiger partial charge is 0.380 e. The number of nitrogens with zero attached hydrogens (tertiary/aromatic N) is 2. The standard InChI is InChI=1S/C19H16F3N5O2/c1-11-14(10-29-27-11)18(28)26-17(23)13-4-2-3-5-15(13)24-8-12-6-7-16(25-9-12)19(20,21)22/h2-7,9-10,24H,8H2,1H3,(H2,23,26,28). The average Bonchev–Trinajstić information content (AvgIpc) is 3.12. The second-order valence-electron chi connectivity index (χ2n) is 6.09. The first-order valence-corrected chi connectivity index (χ1v) is 8.42. The van der Waals surface area contributed by atoms with Crippen molar-refractivity contribution in [3.05, 3.63) is 76.9 Å². The molecule has 1 aromatic carbocycles. The fourth-order valence-electron chi connectivity index (χ4n) is 2.51. The van der Waals surface area contributed by atoms with E-state index < -0.39 is 17.8 Å². The van der Waals surface area contributed by atoms with Gasteiger partial charge in [0.05, 0.1) is 5.69 Å². The lowest BCUT2D eigenvalue weighted by Crippen LogP contribution is -2.31. The van der Waals surface area contributed by atoms with Crippen molar-refractivity contribution in [2.75, 3.05) is 5.32 Å². The summed E-state index contributed by atoms with van der Waals surface area (Å²) < 4.78 is 42.5. The SMILES string of the molecule is Cc1nocc1C(=O)NC(=N)c1ccccc1NCc1ccc(C(F)(F)F)nc1. The number of hydrogen-bond donors (Lipinski definition) is 3. The zero-order valence-corrected chi connectivity index (χ0v) is 15.2. The molecule has 0 saturated carbocycles. The number of halogens is 3. The fraction of sp³-hybridized carbons (Fsp3) is 0.158. The van der Waals surface area contributed by atoms with E-state index >= 15 is 0 Å². The highest BCUT2D eigenvalue weighted by molar-refractivity contribution is 6.13. The number of amides is 1. The molecular weight excluding hydrogens is 387 g/mol. The van der Waals surface area contributed by atoms with Crippen LogP contribution in [0, 0.1) is 12.3 Å². The number of nitrogens with one attached hydrogen (secondary N) is 3. The van der Waals surface area contributed by atoms with Crippen LogP contribution in [0.15, 0.2) is 53.4 Å². The first kappa shape index (κ1) is 20.1. The molecule has 0 aliphatic rings. The maximum absolute atomic E-state index is 12.6. The van der Waals surface area contributed by atoms with Crippen LogP contribution in [0.5, 0.6) is 0 Å². The minimum absolute atomic E-state index is 0.149. The second kappa shape index (κ2) is 8.13. The van der Waals surface area contributed by atoms with Crippen LogP contribution >= 0.6 is 0 Å². The number of para-hydroxylation sites is 1. The highest BCUT2D eigenvalue weighted by Crippen LogP contribution is 2.27. The molecule has 3 aromatic rings. The number of carbonyl (C=O) groups is 1. The Labute approximate surface area is 163 Å². The molecule has 29 heavy (non-hydrogen) atoms. The van der Waals surface area contributed by atoms with E-state index in [1.807, 2.05) is 0 Å². The minimum Gasteiger partial charge on any atom is -0.380 e. The second-order valence-corrected chi connectivity index (χ2v) is 6.09. The van der Waals surface area contributed by atoms with Gasteiger partial charge in [-0.2, -0.15) is 13.2 Å². The van der Waals surface area contributed by atoms with Gasteiger partial charge in [0.1, 0.15) is 23.4 Å². The Balaban J connectivity index is 1.69. The van der Waals surface area contributed by atoms with Crippen LogP contribution < -0.4 is 10.6 Å². The van der Waals surface area contributed by atoms with Crippen molar-refractivity contribution in [1.82, 2.24) is 15.5 Å². The molecule has 0 aliphatic heterocycles. The number of aromatic nitrogens is 2. The summed E-state index contributed by atoms with van der Waals surface area (Å²) in [5.41, 5.74) is 1.13. The molecule has 3 N–H and O–H groups in total. The third-order valence-corrected chi connectivity index (χ3v) is 4.03. The van der Waals surface area contributed by atoms with E-state index in [4.69, 9.17) is 9.93 Å². The molecule has 0 spiro atoms. The van der Waals surface area contributed by atoms with E-state index in [0.29, 0.717) is 22.5 Å². The summed E-state index contributed by atoms with van der Waals surface area (Å²) in [6, 6.07) is 9.00. The van der Waals surface area contributed by atoms with Gasteiger partial charge in [-0.05, 0) is 30.7 Å². The first-order chi connectivity index (χ1) is 13.8. The Hall–Kier alpha value is -3.69. The van der Waals surface area contributed by atoms with Crippen LogP contribution in [-0.4, -0.2) is 21.9 Å². The summed E-state index contributed by atoms with van der Waals surface area (Å²) in [4.78, 5) is 15.7. The summed E-state index contributed by atoms with van der Waals surface area (Å²) in [7, 11) is 0. The molecular formula is C19H16F3N5O2. The van der Waals surface area contributed by atoms with Crippen molar-refractivity contribution in [2.45, 2.75) is 19.6 Å². The normalized spacial score (nSPS) is 11.2. The molecule has 150 valence electrons. The number of amidine groups is 1. The molecule has 2 heterocycles. The van der Waals surface area contributed by atoms with Crippen LogP contribution in [0.25, 0.3) is 0 Å². The van der Waals surface area contributed by atoms with Gasteiger partial charge in [-0.3, -0.25) is 15.2 Å². The molecule has 0 atom stereocenters. The summed E-state index contributed by atoms with van der Waals surface area (Å²) in [6.45, 7) is 1.80. The van der Waals surface area contributed by atoms with Gasteiger partial charge in [-0.15, -0.1) is 0 Å². The van der Waals surface area contributed by atoms with E-state index in [9.17, 15) is 18.0 Å². The van der Waals surface area contributed by atoms with E-state index in [-0.39, 0.29) is 17.9 Å². The Bertz CT molecular complexity index is 1030. The number of anilines is 1. The van der Waals surface area contributed by atoms with Crippen molar-refractivity contribution in [2.24, 2.45) is 0 Å². The van der Waals surface area contributed by atoms with E-state index in [1.165, 1.54) is 12.3 Å². The number of alkyl halides is 3. The Morgan fingerprint density at radius 1 is 1.17 bits per heavy atom. The third-order valence-electron chi connectivity index (χ3n) is 4.03. The molecule has 1 amide bonds. The molecule has 0 bridgehead atoms. The predicted molar refractivity (Wildman–Crippen MR) is 98.5 cm³/mol. The van der Waals surface area contributed by atoms with E-state index in [2.05, 4.69) is 20.8 Å². The molecule has 0 radical (unpaired) electrons. The molecule has 0 unspecified atom stereocenters. The van der Waals surface area contributed by atoms with Crippen LogP contribution in [0.4, 0.5) is 18.9 Å². The Kier molecular flexibility index (Phi) is 5.62. The molecule has 10 heteroatoms. The largest absolute Gasteiger partial charge is 0.433 e.